The Kier molecular flexibility index (Phi) is 11.0. The van der Waals surface area contributed by atoms with E-state index in [1.165, 1.54) is 16.8 Å². The first-order chi connectivity index (χ1) is 21.3. The average molecular weight is 662 g/mol. The monoisotopic (exact) mass is 661 g/mol. The second kappa shape index (κ2) is 14.3. The van der Waals surface area contributed by atoms with Gasteiger partial charge >= 0.3 is 6.18 Å². The first-order valence-electron chi connectivity index (χ1n) is 14.7. The third-order valence-electron chi connectivity index (χ3n) is 8.42. The van der Waals surface area contributed by atoms with Gasteiger partial charge in [0.15, 0.2) is 5.82 Å². The van der Waals surface area contributed by atoms with Gasteiger partial charge in [-0.3, -0.25) is 9.52 Å². The van der Waals surface area contributed by atoms with Crippen LogP contribution in [0, 0.1) is 22.6 Å². The molecule has 4 rings (SSSR count). The Morgan fingerprint density at radius 2 is 2.13 bits per heavy atom. The second-order valence-electron chi connectivity index (χ2n) is 12.2. The summed E-state index contributed by atoms with van der Waals surface area (Å²) in [5.41, 5.74) is -1.42. The highest BCUT2D eigenvalue weighted by Crippen LogP contribution is 2.60. The molecule has 2 aromatic heterocycles. The number of halogens is 4. The van der Waals surface area contributed by atoms with Crippen molar-refractivity contribution in [2.45, 2.75) is 70.2 Å². The molecule has 15 heteroatoms. The molecule has 1 saturated carbocycles. The SMILES string of the molecule is C=C/C(=N\C(=C)NCCC1CB(C#N)C(C)(C)C1)SNC(=O)c1ccc(-n2ccc(OCCCC3(C(F)(F)F)CC3)n2)nc1Cl. The van der Waals surface area contributed by atoms with Gasteiger partial charge in [0, 0.05) is 36.7 Å². The summed E-state index contributed by atoms with van der Waals surface area (Å²) in [5.74, 6) is 3.40. The molecule has 2 fully saturated rings. The molecule has 1 saturated heterocycles. The van der Waals surface area contributed by atoms with Gasteiger partial charge in [-0.25, -0.2) is 19.9 Å². The normalized spacial score (nSPS) is 18.6. The van der Waals surface area contributed by atoms with Crippen LogP contribution in [-0.4, -0.2) is 51.8 Å². The molecule has 1 aliphatic heterocycles. The molecule has 240 valence electrons. The summed E-state index contributed by atoms with van der Waals surface area (Å²) in [7, 11) is 0. The molecule has 45 heavy (non-hydrogen) atoms. The first-order valence-corrected chi connectivity index (χ1v) is 15.9. The summed E-state index contributed by atoms with van der Waals surface area (Å²) < 4.78 is 48.8. The zero-order valence-electron chi connectivity index (χ0n) is 25.3. The number of ether oxygens (including phenoxy) is 1. The van der Waals surface area contributed by atoms with Crippen LogP contribution in [0.5, 0.6) is 5.88 Å². The maximum Gasteiger partial charge on any atom is 0.394 e. The minimum Gasteiger partial charge on any atom is -0.477 e. The quantitative estimate of drug-likeness (QED) is 0.0583. The number of alkyl halides is 3. The van der Waals surface area contributed by atoms with Crippen molar-refractivity contribution in [2.75, 3.05) is 13.2 Å². The fraction of sp³-hybridized carbons (Fsp3) is 0.500. The molecule has 0 bridgehead atoms. The van der Waals surface area contributed by atoms with Gasteiger partial charge in [-0.05, 0) is 61.5 Å². The number of aromatic nitrogens is 3. The molecule has 1 unspecified atom stereocenters. The largest absolute Gasteiger partial charge is 0.477 e. The Labute approximate surface area is 270 Å². The third-order valence-corrected chi connectivity index (χ3v) is 9.46. The summed E-state index contributed by atoms with van der Waals surface area (Å²) >= 11 is 7.27. The lowest BCUT2D eigenvalue weighted by molar-refractivity contribution is -0.189. The molecule has 1 amide bonds. The Balaban J connectivity index is 1.22. The highest BCUT2D eigenvalue weighted by Gasteiger charge is 2.62. The zero-order chi connectivity index (χ0) is 32.8. The number of carbonyl (C=O) groups excluding carboxylic acids is 1. The van der Waals surface area contributed by atoms with Crippen molar-refractivity contribution in [3.05, 3.63) is 60.2 Å². The summed E-state index contributed by atoms with van der Waals surface area (Å²) in [6, 6.07) is 4.63. The molecule has 0 spiro atoms. The van der Waals surface area contributed by atoms with Crippen molar-refractivity contribution in [2.24, 2.45) is 16.3 Å². The number of nitrogens with zero attached hydrogens (tertiary/aromatic N) is 5. The van der Waals surface area contributed by atoms with Crippen molar-refractivity contribution in [1.29, 1.82) is 5.26 Å². The van der Waals surface area contributed by atoms with Crippen molar-refractivity contribution >= 4 is 41.2 Å². The Morgan fingerprint density at radius 3 is 2.76 bits per heavy atom. The van der Waals surface area contributed by atoms with Crippen molar-refractivity contribution in [3.63, 3.8) is 0 Å². The van der Waals surface area contributed by atoms with Crippen LogP contribution in [-0.2, 0) is 0 Å². The fourth-order valence-electron chi connectivity index (χ4n) is 5.57. The molecule has 0 aromatic carbocycles. The summed E-state index contributed by atoms with van der Waals surface area (Å²) in [6.07, 6.45) is 2.36. The van der Waals surface area contributed by atoms with E-state index in [0.717, 1.165) is 31.1 Å². The number of nitrogens with one attached hydrogen (secondary N) is 2. The van der Waals surface area contributed by atoms with Crippen LogP contribution in [0.3, 0.4) is 0 Å². The Hall–Kier alpha value is -3.44. The second-order valence-corrected chi connectivity index (χ2v) is 13.3. The minimum atomic E-state index is -4.17. The maximum atomic E-state index is 13.1. The predicted molar refractivity (Wildman–Crippen MR) is 172 cm³/mol. The fourth-order valence-corrected chi connectivity index (χ4v) is 6.35. The summed E-state index contributed by atoms with van der Waals surface area (Å²) in [5, 5.41) is 17.2. The number of amides is 1. The van der Waals surface area contributed by atoms with Crippen LogP contribution in [0.1, 0.15) is 62.7 Å². The van der Waals surface area contributed by atoms with Gasteiger partial charge in [0.1, 0.15) is 16.0 Å². The van der Waals surface area contributed by atoms with Crippen molar-refractivity contribution in [1.82, 2.24) is 24.8 Å². The Morgan fingerprint density at radius 1 is 1.38 bits per heavy atom. The van der Waals surface area contributed by atoms with Gasteiger partial charge in [-0.1, -0.05) is 51.3 Å². The zero-order valence-corrected chi connectivity index (χ0v) is 26.9. The number of pyridine rings is 1. The van der Waals surface area contributed by atoms with Crippen LogP contribution in [0.4, 0.5) is 13.2 Å². The van der Waals surface area contributed by atoms with E-state index in [1.807, 2.05) is 0 Å². The molecular weight excluding hydrogens is 626 g/mol. The van der Waals surface area contributed by atoms with Gasteiger partial charge < -0.3 is 10.1 Å². The van der Waals surface area contributed by atoms with E-state index in [9.17, 15) is 23.2 Å². The maximum absolute atomic E-state index is 13.1. The molecule has 0 radical (unpaired) electrons. The van der Waals surface area contributed by atoms with Crippen molar-refractivity contribution in [3.8, 4) is 17.7 Å². The number of carbonyl (C=O) groups is 1. The van der Waals surface area contributed by atoms with Crippen LogP contribution >= 0.6 is 23.5 Å². The molecule has 1 aliphatic carbocycles. The van der Waals surface area contributed by atoms with Crippen LogP contribution in [0.2, 0.25) is 16.8 Å². The summed E-state index contributed by atoms with van der Waals surface area (Å²) in [4.78, 5) is 21.4. The number of nitriles is 1. The van der Waals surface area contributed by atoms with Crippen LogP contribution in [0.25, 0.3) is 5.82 Å². The van der Waals surface area contributed by atoms with Crippen LogP contribution < -0.4 is 14.8 Å². The van der Waals surface area contributed by atoms with E-state index in [-0.39, 0.29) is 60.9 Å². The van der Waals surface area contributed by atoms with E-state index >= 15 is 0 Å². The van der Waals surface area contributed by atoms with Gasteiger partial charge in [0.25, 0.3) is 12.6 Å². The minimum absolute atomic E-state index is 0.0298. The summed E-state index contributed by atoms with van der Waals surface area (Å²) in [6.45, 7) is 12.8. The number of hydrogen-bond acceptors (Lipinski definition) is 8. The van der Waals surface area contributed by atoms with E-state index in [0.29, 0.717) is 29.1 Å². The highest BCUT2D eigenvalue weighted by molar-refractivity contribution is 8.13. The van der Waals surface area contributed by atoms with Gasteiger partial charge in [-0.15, -0.1) is 5.10 Å². The predicted octanol–water partition coefficient (Wildman–Crippen LogP) is 7.19. The number of rotatable bonds is 13. The smallest absolute Gasteiger partial charge is 0.394 e. The lowest BCUT2D eigenvalue weighted by Gasteiger charge is -2.19. The van der Waals surface area contributed by atoms with Crippen molar-refractivity contribution < 1.29 is 22.7 Å². The third kappa shape index (κ3) is 8.85. The van der Waals surface area contributed by atoms with Gasteiger partial charge in [0.05, 0.1) is 17.6 Å². The van der Waals surface area contributed by atoms with E-state index < -0.39 is 17.5 Å². The molecule has 1 atom stereocenters. The first kappa shape index (κ1) is 34.4. The highest BCUT2D eigenvalue weighted by atomic mass is 35.5. The standard InChI is InChI=1S/C30H36BClF3N7O2S/c1-5-25(38-20(2)37-14-9-21-17-28(3,4)31(18-21)19-36)45-41-27(43)22-7-8-23(39-26(22)32)42-15-10-24(40-42)44-16-6-11-29(12-13-29)30(33,34)35/h5,7-8,10,15,21,37H,1-2,6,9,11-14,16-18H2,3-4H3,(H,41,43)/b38-25+. The van der Waals surface area contributed by atoms with E-state index in [4.69, 9.17) is 16.3 Å². The Bertz CT molecular complexity index is 1490. The average Bonchev–Trinajstić information content (AvgIpc) is 3.54. The van der Waals surface area contributed by atoms with Gasteiger partial charge in [0.2, 0.25) is 5.88 Å². The molecule has 2 aromatic rings. The van der Waals surface area contributed by atoms with Crippen LogP contribution in [0.15, 0.2) is 54.4 Å². The topological polar surface area (TPSA) is 117 Å². The molecule has 3 heterocycles. The lowest BCUT2D eigenvalue weighted by Crippen LogP contribution is -2.24. The lowest BCUT2D eigenvalue weighted by atomic mass is 9.37. The molecule has 2 aliphatic rings. The number of hydrogen-bond donors (Lipinski definition) is 2. The molecular formula is C30H36BClF3N7O2S. The van der Waals surface area contributed by atoms with Gasteiger partial charge in [-0.2, -0.15) is 13.2 Å². The molecule has 9 nitrogen and oxygen atoms in total. The van der Waals surface area contributed by atoms with E-state index in [1.54, 1.807) is 18.3 Å². The molecule has 2 N–H and O–H groups in total. The number of aliphatic imine (C=N–C) groups is 1. The van der Waals surface area contributed by atoms with E-state index in [2.05, 4.69) is 58.1 Å².